The minimum Gasteiger partial charge on any atom is -0.497 e. The monoisotopic (exact) mass is 404 g/mol. The summed E-state index contributed by atoms with van der Waals surface area (Å²) in [5.74, 6) is 0.167. The van der Waals surface area contributed by atoms with Crippen LogP contribution in [0.4, 0.5) is 5.69 Å². The minimum atomic E-state index is -0.398. The number of pyridine rings is 1. The molecule has 154 valence electrons. The van der Waals surface area contributed by atoms with Gasteiger partial charge < -0.3 is 14.4 Å². The third-order valence-corrected chi connectivity index (χ3v) is 5.30. The van der Waals surface area contributed by atoms with Crippen molar-refractivity contribution in [3.63, 3.8) is 0 Å². The van der Waals surface area contributed by atoms with Crippen LogP contribution in [0.15, 0.2) is 54.6 Å². The second-order valence-corrected chi connectivity index (χ2v) is 7.30. The standard InChI is InChI=1S/C24H24N2O4/c1-29-20-11-12-22-18(15-20)6-4-14-26(22)23(27)16-30-24(28)13-10-19-9-8-17-5-2-3-7-21(17)25-19/h2-3,5,7-9,11-12,15H,4,6,10,13-14,16H2,1H3. The van der Waals surface area contributed by atoms with Gasteiger partial charge in [0.1, 0.15) is 5.75 Å². The fourth-order valence-corrected chi connectivity index (χ4v) is 3.73. The van der Waals surface area contributed by atoms with Crippen molar-refractivity contribution in [3.8, 4) is 5.75 Å². The van der Waals surface area contributed by atoms with Crippen molar-refractivity contribution in [1.82, 2.24) is 4.98 Å². The number of aryl methyl sites for hydroxylation is 2. The maximum absolute atomic E-state index is 12.6. The van der Waals surface area contributed by atoms with Crippen LogP contribution in [0.1, 0.15) is 24.1 Å². The predicted octanol–water partition coefficient (Wildman–Crippen LogP) is 3.70. The number of ether oxygens (including phenoxy) is 2. The fourth-order valence-electron chi connectivity index (χ4n) is 3.73. The van der Waals surface area contributed by atoms with Gasteiger partial charge in [-0.05, 0) is 48.7 Å². The van der Waals surface area contributed by atoms with Crippen LogP contribution in [0, 0.1) is 0 Å². The number of hydrogen-bond acceptors (Lipinski definition) is 5. The van der Waals surface area contributed by atoms with Crippen molar-refractivity contribution < 1.29 is 19.1 Å². The highest BCUT2D eigenvalue weighted by Gasteiger charge is 2.23. The summed E-state index contributed by atoms with van der Waals surface area (Å²) in [5, 5.41) is 1.06. The lowest BCUT2D eigenvalue weighted by Crippen LogP contribution is -2.38. The lowest BCUT2D eigenvalue weighted by molar-refractivity contribution is -0.147. The number of rotatable bonds is 6. The van der Waals surface area contributed by atoms with Crippen molar-refractivity contribution in [3.05, 3.63) is 65.9 Å². The van der Waals surface area contributed by atoms with Gasteiger partial charge >= 0.3 is 5.97 Å². The van der Waals surface area contributed by atoms with E-state index in [1.54, 1.807) is 12.0 Å². The number of aromatic nitrogens is 1. The van der Waals surface area contributed by atoms with Gasteiger partial charge in [0.15, 0.2) is 6.61 Å². The van der Waals surface area contributed by atoms with Gasteiger partial charge in [-0.25, -0.2) is 0 Å². The number of nitrogens with zero attached hydrogens (tertiary/aromatic N) is 2. The molecule has 1 aliphatic rings. The molecule has 0 atom stereocenters. The molecule has 2 aromatic carbocycles. The molecule has 0 N–H and O–H groups in total. The smallest absolute Gasteiger partial charge is 0.306 e. The van der Waals surface area contributed by atoms with Gasteiger partial charge in [-0.15, -0.1) is 0 Å². The topological polar surface area (TPSA) is 68.7 Å². The van der Waals surface area contributed by atoms with Gasteiger partial charge in [0.25, 0.3) is 5.91 Å². The summed E-state index contributed by atoms with van der Waals surface area (Å²) in [5.41, 5.74) is 3.67. The van der Waals surface area contributed by atoms with Crippen molar-refractivity contribution >= 4 is 28.5 Å². The van der Waals surface area contributed by atoms with E-state index in [1.165, 1.54) is 0 Å². The molecule has 0 spiro atoms. The van der Waals surface area contributed by atoms with Gasteiger partial charge in [0, 0.05) is 29.7 Å². The molecule has 0 bridgehead atoms. The van der Waals surface area contributed by atoms with Crippen LogP contribution in [0.25, 0.3) is 10.9 Å². The molecule has 3 aromatic rings. The van der Waals surface area contributed by atoms with Crippen LogP contribution in [0.3, 0.4) is 0 Å². The van der Waals surface area contributed by atoms with Gasteiger partial charge in [-0.2, -0.15) is 0 Å². The maximum atomic E-state index is 12.6. The Labute approximate surface area is 175 Å². The molecule has 0 radical (unpaired) electrons. The van der Waals surface area contributed by atoms with Gasteiger partial charge in [-0.3, -0.25) is 14.6 Å². The van der Waals surface area contributed by atoms with E-state index in [2.05, 4.69) is 4.98 Å². The Morgan fingerprint density at radius 1 is 1.10 bits per heavy atom. The van der Waals surface area contributed by atoms with Crippen LogP contribution in [0.5, 0.6) is 5.75 Å². The molecule has 6 heteroatoms. The Bertz CT molecular complexity index is 1080. The summed E-state index contributed by atoms with van der Waals surface area (Å²) < 4.78 is 10.5. The quantitative estimate of drug-likeness (QED) is 0.586. The van der Waals surface area contributed by atoms with Crippen molar-refractivity contribution in [2.24, 2.45) is 0 Å². The van der Waals surface area contributed by atoms with Crippen LogP contribution in [-0.2, 0) is 27.2 Å². The Morgan fingerprint density at radius 2 is 1.97 bits per heavy atom. The van der Waals surface area contributed by atoms with Crippen molar-refractivity contribution in [2.75, 3.05) is 25.2 Å². The van der Waals surface area contributed by atoms with E-state index >= 15 is 0 Å². The summed E-state index contributed by atoms with van der Waals surface area (Å²) in [7, 11) is 1.63. The number of esters is 1. The average Bonchev–Trinajstić information content (AvgIpc) is 2.80. The molecular weight excluding hydrogens is 380 g/mol. The fraction of sp³-hybridized carbons (Fsp3) is 0.292. The number of fused-ring (bicyclic) bond motifs is 2. The first-order valence-electron chi connectivity index (χ1n) is 10.1. The molecule has 0 fully saturated rings. The molecule has 30 heavy (non-hydrogen) atoms. The number of carbonyl (C=O) groups excluding carboxylic acids is 2. The summed E-state index contributed by atoms with van der Waals surface area (Å²) >= 11 is 0. The zero-order valence-electron chi connectivity index (χ0n) is 17.0. The lowest BCUT2D eigenvalue weighted by Gasteiger charge is -2.29. The Balaban J connectivity index is 1.31. The summed E-state index contributed by atoms with van der Waals surface area (Å²) in [6, 6.07) is 17.4. The molecule has 6 nitrogen and oxygen atoms in total. The van der Waals surface area contributed by atoms with Crippen LogP contribution < -0.4 is 9.64 Å². The van der Waals surface area contributed by atoms with Crippen LogP contribution in [0.2, 0.25) is 0 Å². The zero-order valence-corrected chi connectivity index (χ0v) is 17.0. The molecule has 2 heterocycles. The van der Waals surface area contributed by atoms with Crippen molar-refractivity contribution in [1.29, 1.82) is 0 Å². The molecule has 0 aliphatic carbocycles. The average molecular weight is 404 g/mol. The van der Waals surface area contributed by atoms with Crippen LogP contribution in [-0.4, -0.2) is 37.1 Å². The summed E-state index contributed by atoms with van der Waals surface area (Å²) in [4.78, 5) is 31.1. The number of methoxy groups -OCH3 is 1. The third kappa shape index (κ3) is 4.43. The van der Waals surface area contributed by atoms with Crippen molar-refractivity contribution in [2.45, 2.75) is 25.7 Å². The highest BCUT2D eigenvalue weighted by atomic mass is 16.5. The largest absolute Gasteiger partial charge is 0.497 e. The van der Waals surface area contributed by atoms with E-state index in [1.807, 2.05) is 54.6 Å². The van der Waals surface area contributed by atoms with E-state index < -0.39 is 5.97 Å². The van der Waals surface area contributed by atoms with Gasteiger partial charge in [0.2, 0.25) is 0 Å². The van der Waals surface area contributed by atoms with Crippen LogP contribution >= 0.6 is 0 Å². The number of hydrogen-bond donors (Lipinski definition) is 0. The molecule has 0 saturated heterocycles. The number of anilines is 1. The minimum absolute atomic E-state index is 0.187. The normalized spacial score (nSPS) is 13.0. The van der Waals surface area contributed by atoms with E-state index in [0.717, 1.165) is 46.4 Å². The highest BCUT2D eigenvalue weighted by molar-refractivity contribution is 5.96. The Hall–Kier alpha value is -3.41. The second kappa shape index (κ2) is 8.95. The molecule has 1 aromatic heterocycles. The molecule has 0 saturated carbocycles. The number of amides is 1. The lowest BCUT2D eigenvalue weighted by atomic mass is 10.0. The number of para-hydroxylation sites is 1. The number of benzene rings is 2. The first kappa shape index (κ1) is 19.9. The highest BCUT2D eigenvalue weighted by Crippen LogP contribution is 2.30. The SMILES string of the molecule is COc1ccc2c(c1)CCCN2C(=O)COC(=O)CCc1ccc2ccccc2n1. The first-order valence-corrected chi connectivity index (χ1v) is 10.1. The van der Waals surface area contributed by atoms with Gasteiger partial charge in [-0.1, -0.05) is 24.3 Å². The molecule has 0 unspecified atom stereocenters. The molecular formula is C24H24N2O4. The number of carbonyl (C=O) groups is 2. The summed E-state index contributed by atoms with van der Waals surface area (Å²) in [6.07, 6.45) is 2.43. The predicted molar refractivity (Wildman–Crippen MR) is 115 cm³/mol. The Kier molecular flexibility index (Phi) is 5.93. The van der Waals surface area contributed by atoms with E-state index in [4.69, 9.17) is 9.47 Å². The van der Waals surface area contributed by atoms with Gasteiger partial charge in [0.05, 0.1) is 19.0 Å². The molecule has 1 aliphatic heterocycles. The zero-order chi connectivity index (χ0) is 20.9. The van der Waals surface area contributed by atoms with E-state index in [0.29, 0.717) is 13.0 Å². The van der Waals surface area contributed by atoms with E-state index in [-0.39, 0.29) is 18.9 Å². The second-order valence-electron chi connectivity index (χ2n) is 7.30. The van der Waals surface area contributed by atoms with E-state index in [9.17, 15) is 9.59 Å². The first-order chi connectivity index (χ1) is 14.6. The molecule has 1 amide bonds. The Morgan fingerprint density at radius 3 is 2.83 bits per heavy atom. The maximum Gasteiger partial charge on any atom is 0.306 e. The molecule has 4 rings (SSSR count). The third-order valence-electron chi connectivity index (χ3n) is 5.30. The summed E-state index contributed by atoms with van der Waals surface area (Å²) in [6.45, 7) is 0.367.